The minimum atomic E-state index is -0.767. The predicted octanol–water partition coefficient (Wildman–Crippen LogP) is 2.29. The third-order valence-electron chi connectivity index (χ3n) is 3.67. The van der Waals surface area contributed by atoms with E-state index in [0.29, 0.717) is 58.3 Å². The van der Waals surface area contributed by atoms with Gasteiger partial charge in [0.2, 0.25) is 0 Å². The Morgan fingerprint density at radius 3 is 2.13 bits per heavy atom. The molecule has 0 spiro atoms. The second-order valence-corrected chi connectivity index (χ2v) is 5.69. The standard InChI is InChI=1S/C17H21N7O6/c18-23-20-6-8-29-10-12-30-11-9-28-7-5-19-15(25)13-1-3-14(4-2-13)24-16(26)21-22-17(24)27/h1-4H,5-12H2,(H,19,25). The Kier molecular flexibility index (Phi) is 9.89. The highest BCUT2D eigenvalue weighted by atomic mass is 16.5. The van der Waals surface area contributed by atoms with E-state index in [1.165, 1.54) is 24.3 Å². The lowest BCUT2D eigenvalue weighted by atomic mass is 10.2. The first kappa shape index (κ1) is 22.9. The van der Waals surface area contributed by atoms with Crippen molar-refractivity contribution in [3.8, 4) is 0 Å². The Balaban J connectivity index is 1.52. The summed E-state index contributed by atoms with van der Waals surface area (Å²) in [4.78, 5) is 38.5. The van der Waals surface area contributed by atoms with Crippen molar-refractivity contribution in [3.63, 3.8) is 0 Å². The zero-order valence-electron chi connectivity index (χ0n) is 16.1. The van der Waals surface area contributed by atoms with Crippen LogP contribution in [0.3, 0.4) is 0 Å². The third-order valence-corrected chi connectivity index (χ3v) is 3.67. The summed E-state index contributed by atoms with van der Waals surface area (Å²) in [5.41, 5.74) is 8.75. The number of anilines is 1. The molecule has 160 valence electrons. The zero-order chi connectivity index (χ0) is 21.6. The van der Waals surface area contributed by atoms with Crippen molar-refractivity contribution < 1.29 is 28.6 Å². The zero-order valence-corrected chi connectivity index (χ0v) is 16.1. The number of hydrogen-bond donors (Lipinski definition) is 1. The normalized spacial score (nSPS) is 12.9. The molecule has 1 heterocycles. The molecule has 0 bridgehead atoms. The summed E-state index contributed by atoms with van der Waals surface area (Å²) >= 11 is 0. The number of imide groups is 1. The van der Waals surface area contributed by atoms with Gasteiger partial charge in [0, 0.05) is 23.6 Å². The van der Waals surface area contributed by atoms with Gasteiger partial charge in [-0.3, -0.25) is 4.79 Å². The van der Waals surface area contributed by atoms with Crippen LogP contribution in [0.5, 0.6) is 0 Å². The number of nitrogens with one attached hydrogen (secondary N) is 1. The van der Waals surface area contributed by atoms with Crippen LogP contribution in [-0.4, -0.2) is 70.7 Å². The lowest BCUT2D eigenvalue weighted by Crippen LogP contribution is -2.29. The van der Waals surface area contributed by atoms with Crippen LogP contribution >= 0.6 is 0 Å². The van der Waals surface area contributed by atoms with Gasteiger partial charge in [0.1, 0.15) is 0 Å². The van der Waals surface area contributed by atoms with E-state index in [2.05, 4.69) is 25.6 Å². The molecule has 0 aromatic heterocycles. The van der Waals surface area contributed by atoms with Crippen LogP contribution in [0.4, 0.5) is 15.3 Å². The van der Waals surface area contributed by atoms with E-state index in [0.717, 1.165) is 4.90 Å². The molecule has 0 unspecified atom stereocenters. The molecule has 2 rings (SSSR count). The number of carbonyl (C=O) groups excluding carboxylic acids is 3. The molecule has 13 nitrogen and oxygen atoms in total. The van der Waals surface area contributed by atoms with Crippen molar-refractivity contribution in [2.45, 2.75) is 0 Å². The molecule has 0 aliphatic carbocycles. The maximum absolute atomic E-state index is 12.1. The van der Waals surface area contributed by atoms with Crippen molar-refractivity contribution in [1.29, 1.82) is 0 Å². The van der Waals surface area contributed by atoms with Gasteiger partial charge in [0.05, 0.1) is 45.3 Å². The van der Waals surface area contributed by atoms with Crippen LogP contribution in [0.2, 0.25) is 0 Å². The summed E-state index contributed by atoms with van der Waals surface area (Å²) in [6.45, 7) is 2.84. The number of urea groups is 2. The number of benzene rings is 1. The molecule has 0 atom stereocenters. The van der Waals surface area contributed by atoms with Gasteiger partial charge in [-0.25, -0.2) is 14.5 Å². The average Bonchev–Trinajstić information content (AvgIpc) is 3.09. The Hall–Kier alpha value is -3.38. The Morgan fingerprint density at radius 1 is 0.967 bits per heavy atom. The van der Waals surface area contributed by atoms with E-state index in [1.54, 1.807) is 0 Å². The number of amides is 5. The first-order valence-corrected chi connectivity index (χ1v) is 9.05. The highest BCUT2D eigenvalue weighted by Gasteiger charge is 2.28. The predicted molar refractivity (Wildman–Crippen MR) is 103 cm³/mol. The maximum atomic E-state index is 12.1. The molecule has 1 aromatic rings. The number of carbonyl (C=O) groups is 3. The minimum Gasteiger partial charge on any atom is -0.379 e. The summed E-state index contributed by atoms with van der Waals surface area (Å²) in [7, 11) is 0. The average molecular weight is 419 g/mol. The topological polar surface area (TPSA) is 168 Å². The second kappa shape index (κ2) is 13.0. The first-order valence-electron chi connectivity index (χ1n) is 9.05. The molecule has 1 N–H and O–H groups in total. The van der Waals surface area contributed by atoms with E-state index in [4.69, 9.17) is 19.7 Å². The van der Waals surface area contributed by atoms with Crippen molar-refractivity contribution in [2.24, 2.45) is 15.3 Å². The van der Waals surface area contributed by atoms with E-state index in [1.807, 2.05) is 0 Å². The summed E-state index contributed by atoms with van der Waals surface area (Å²) in [6.07, 6.45) is 0. The van der Waals surface area contributed by atoms with Gasteiger partial charge < -0.3 is 19.5 Å². The van der Waals surface area contributed by atoms with Crippen LogP contribution < -0.4 is 10.2 Å². The highest BCUT2D eigenvalue weighted by molar-refractivity contribution is 6.17. The highest BCUT2D eigenvalue weighted by Crippen LogP contribution is 2.20. The fraction of sp³-hybridized carbons (Fsp3) is 0.471. The Bertz CT molecular complexity index is 789. The summed E-state index contributed by atoms with van der Waals surface area (Å²) in [5, 5.41) is 12.4. The molecule has 0 saturated heterocycles. The van der Waals surface area contributed by atoms with Gasteiger partial charge in [-0.05, 0) is 29.8 Å². The van der Waals surface area contributed by atoms with Gasteiger partial charge >= 0.3 is 12.1 Å². The fourth-order valence-electron chi connectivity index (χ4n) is 2.27. The van der Waals surface area contributed by atoms with Crippen molar-refractivity contribution in [1.82, 2.24) is 5.32 Å². The van der Waals surface area contributed by atoms with Crippen LogP contribution in [0.25, 0.3) is 10.4 Å². The monoisotopic (exact) mass is 419 g/mol. The molecule has 5 amide bonds. The SMILES string of the molecule is [N-]=[N+]=NCCOCCOCCOCCNC(=O)c1ccc(N2C(=O)N=NC2=O)cc1. The Labute approximate surface area is 171 Å². The number of hydrogen-bond acceptors (Lipinski definition) is 7. The largest absolute Gasteiger partial charge is 0.379 e. The fourth-order valence-corrected chi connectivity index (χ4v) is 2.27. The van der Waals surface area contributed by atoms with E-state index in [-0.39, 0.29) is 11.6 Å². The van der Waals surface area contributed by atoms with Gasteiger partial charge in [-0.1, -0.05) is 15.3 Å². The molecule has 1 aliphatic heterocycles. The molecule has 0 fully saturated rings. The van der Waals surface area contributed by atoms with Crippen LogP contribution in [0, 0.1) is 0 Å². The van der Waals surface area contributed by atoms with Crippen molar-refractivity contribution >= 4 is 23.7 Å². The number of ether oxygens (including phenoxy) is 3. The molecular formula is C17H21N7O6. The lowest BCUT2D eigenvalue weighted by Gasteiger charge is -2.11. The van der Waals surface area contributed by atoms with E-state index in [9.17, 15) is 14.4 Å². The molecular weight excluding hydrogens is 398 g/mol. The van der Waals surface area contributed by atoms with E-state index >= 15 is 0 Å². The Morgan fingerprint density at radius 2 is 1.53 bits per heavy atom. The quantitative estimate of drug-likeness (QED) is 0.210. The number of azo groups is 1. The molecule has 30 heavy (non-hydrogen) atoms. The summed E-state index contributed by atoms with van der Waals surface area (Å²) in [6, 6.07) is 4.39. The summed E-state index contributed by atoms with van der Waals surface area (Å²) in [5.74, 6) is -0.312. The summed E-state index contributed by atoms with van der Waals surface area (Å²) < 4.78 is 15.8. The van der Waals surface area contributed by atoms with Gasteiger partial charge in [-0.2, -0.15) is 0 Å². The molecule has 13 heteroatoms. The molecule has 1 aromatic carbocycles. The van der Waals surface area contributed by atoms with Crippen molar-refractivity contribution in [3.05, 3.63) is 40.3 Å². The smallest absolute Gasteiger partial charge is 0.375 e. The molecule has 0 saturated carbocycles. The van der Waals surface area contributed by atoms with Gasteiger partial charge in [0.25, 0.3) is 5.91 Å². The molecule has 0 radical (unpaired) electrons. The number of rotatable bonds is 14. The van der Waals surface area contributed by atoms with Gasteiger partial charge in [0.15, 0.2) is 0 Å². The van der Waals surface area contributed by atoms with Crippen LogP contribution in [0.15, 0.2) is 39.6 Å². The molecule has 1 aliphatic rings. The van der Waals surface area contributed by atoms with Crippen molar-refractivity contribution in [2.75, 3.05) is 57.6 Å². The minimum absolute atomic E-state index is 0.288. The van der Waals surface area contributed by atoms with E-state index < -0.39 is 12.1 Å². The van der Waals surface area contributed by atoms with Crippen LogP contribution in [-0.2, 0) is 14.2 Å². The lowest BCUT2D eigenvalue weighted by molar-refractivity contribution is 0.0166. The van der Waals surface area contributed by atoms with Gasteiger partial charge in [-0.15, -0.1) is 0 Å². The number of nitrogens with zero attached hydrogens (tertiary/aromatic N) is 6. The first-order chi connectivity index (χ1) is 14.6. The maximum Gasteiger partial charge on any atom is 0.375 e. The number of azide groups is 1. The van der Waals surface area contributed by atoms with Crippen LogP contribution in [0.1, 0.15) is 10.4 Å². The third kappa shape index (κ3) is 7.56. The second-order valence-electron chi connectivity index (χ2n) is 5.69.